The Kier molecular flexibility index (Phi) is 4.28. The molecule has 1 N–H and O–H groups in total. The summed E-state index contributed by atoms with van der Waals surface area (Å²) in [6, 6.07) is -0.0964. The minimum atomic E-state index is -0.0964. The van der Waals surface area contributed by atoms with E-state index in [9.17, 15) is 0 Å². The van der Waals surface area contributed by atoms with Crippen molar-refractivity contribution < 1.29 is 9.47 Å². The molecule has 0 saturated carbocycles. The Hall–Kier alpha value is -1.73. The summed E-state index contributed by atoms with van der Waals surface area (Å²) in [5.41, 5.74) is 3.51. The van der Waals surface area contributed by atoms with E-state index < -0.39 is 0 Å². The standard InChI is InChI=1S/C12H16N4O2S/c1-7-11(19-6-15-7)9(13-2)10-12(18-4)16-8(17-3)5-14-10/h5-6,9,13H,1-4H3. The van der Waals surface area contributed by atoms with Gasteiger partial charge in [0.1, 0.15) is 5.69 Å². The molecule has 19 heavy (non-hydrogen) atoms. The molecule has 1 unspecified atom stereocenters. The fourth-order valence-corrected chi connectivity index (χ4v) is 2.71. The summed E-state index contributed by atoms with van der Waals surface area (Å²) >= 11 is 1.58. The van der Waals surface area contributed by atoms with Gasteiger partial charge in [0.05, 0.1) is 42.5 Å². The van der Waals surface area contributed by atoms with Crippen LogP contribution in [0, 0.1) is 6.92 Å². The SMILES string of the molecule is CNC(c1ncc(OC)nc1OC)c1scnc1C. The second kappa shape index (κ2) is 5.94. The lowest BCUT2D eigenvalue weighted by molar-refractivity contribution is 0.353. The highest BCUT2D eigenvalue weighted by molar-refractivity contribution is 7.09. The first kappa shape index (κ1) is 13.7. The van der Waals surface area contributed by atoms with Crippen LogP contribution in [0.1, 0.15) is 22.3 Å². The summed E-state index contributed by atoms with van der Waals surface area (Å²) in [5.74, 6) is 0.878. The molecule has 7 heteroatoms. The van der Waals surface area contributed by atoms with E-state index in [1.165, 1.54) is 0 Å². The fraction of sp³-hybridized carbons (Fsp3) is 0.417. The van der Waals surface area contributed by atoms with Gasteiger partial charge in [0.25, 0.3) is 0 Å². The fourth-order valence-electron chi connectivity index (χ4n) is 1.79. The summed E-state index contributed by atoms with van der Waals surface area (Å²) in [7, 11) is 4.99. The summed E-state index contributed by atoms with van der Waals surface area (Å²) in [5, 5.41) is 3.22. The first-order valence-corrected chi connectivity index (χ1v) is 6.61. The van der Waals surface area contributed by atoms with Gasteiger partial charge >= 0.3 is 0 Å². The van der Waals surface area contributed by atoms with Gasteiger partial charge in [-0.15, -0.1) is 11.3 Å². The van der Waals surface area contributed by atoms with Gasteiger partial charge in [-0.1, -0.05) is 0 Å². The van der Waals surface area contributed by atoms with Crippen molar-refractivity contribution in [3.8, 4) is 11.8 Å². The molecular formula is C12H16N4O2S. The van der Waals surface area contributed by atoms with Crippen molar-refractivity contribution in [1.29, 1.82) is 0 Å². The van der Waals surface area contributed by atoms with E-state index in [4.69, 9.17) is 9.47 Å². The minimum absolute atomic E-state index is 0.0964. The summed E-state index contributed by atoms with van der Waals surface area (Å²) in [4.78, 5) is 14.0. The third-order valence-corrected chi connectivity index (χ3v) is 3.75. The van der Waals surface area contributed by atoms with Crippen LogP contribution in [0.25, 0.3) is 0 Å². The van der Waals surface area contributed by atoms with Crippen molar-refractivity contribution in [3.05, 3.63) is 28.0 Å². The van der Waals surface area contributed by atoms with E-state index in [1.807, 2.05) is 19.5 Å². The number of nitrogens with one attached hydrogen (secondary N) is 1. The molecule has 102 valence electrons. The number of aryl methyl sites for hydroxylation is 1. The molecule has 1 atom stereocenters. The molecule has 0 fully saturated rings. The zero-order valence-corrected chi connectivity index (χ0v) is 12.1. The van der Waals surface area contributed by atoms with Crippen LogP contribution in [0.3, 0.4) is 0 Å². The first-order chi connectivity index (χ1) is 9.21. The molecule has 2 aromatic heterocycles. The van der Waals surface area contributed by atoms with Crippen LogP contribution in [0.2, 0.25) is 0 Å². The Morgan fingerprint density at radius 1 is 1.26 bits per heavy atom. The maximum atomic E-state index is 5.30. The number of nitrogens with zero attached hydrogens (tertiary/aromatic N) is 3. The number of ether oxygens (including phenoxy) is 2. The first-order valence-electron chi connectivity index (χ1n) is 5.73. The summed E-state index contributed by atoms with van der Waals surface area (Å²) in [6.07, 6.45) is 1.58. The third-order valence-electron chi connectivity index (χ3n) is 2.75. The number of hydrogen-bond donors (Lipinski definition) is 1. The van der Waals surface area contributed by atoms with Crippen molar-refractivity contribution in [2.75, 3.05) is 21.3 Å². The van der Waals surface area contributed by atoms with Gasteiger partial charge in [0.2, 0.25) is 11.8 Å². The molecule has 0 aromatic carbocycles. The van der Waals surface area contributed by atoms with Gasteiger partial charge in [-0.2, -0.15) is 4.98 Å². The number of thiazole rings is 1. The van der Waals surface area contributed by atoms with Crippen LogP contribution >= 0.6 is 11.3 Å². The average Bonchev–Trinajstić information content (AvgIpc) is 2.86. The molecule has 0 saturated heterocycles. The van der Waals surface area contributed by atoms with Crippen LogP contribution in [0.5, 0.6) is 11.8 Å². The summed E-state index contributed by atoms with van der Waals surface area (Å²) in [6.45, 7) is 1.97. The predicted octanol–water partition coefficient (Wildman–Crippen LogP) is 1.57. The highest BCUT2D eigenvalue weighted by atomic mass is 32.1. The molecular weight excluding hydrogens is 264 g/mol. The van der Waals surface area contributed by atoms with E-state index in [2.05, 4.69) is 20.3 Å². The van der Waals surface area contributed by atoms with Gasteiger partial charge in [0.15, 0.2) is 0 Å². The average molecular weight is 280 g/mol. The lowest BCUT2D eigenvalue weighted by Gasteiger charge is -2.17. The molecule has 0 aliphatic rings. The number of methoxy groups -OCH3 is 2. The van der Waals surface area contributed by atoms with Crippen molar-refractivity contribution in [2.24, 2.45) is 0 Å². The van der Waals surface area contributed by atoms with Crippen LogP contribution in [-0.4, -0.2) is 36.2 Å². The van der Waals surface area contributed by atoms with E-state index >= 15 is 0 Å². The smallest absolute Gasteiger partial charge is 0.240 e. The molecule has 0 aliphatic heterocycles. The van der Waals surface area contributed by atoms with Gasteiger partial charge in [-0.25, -0.2) is 9.97 Å². The maximum Gasteiger partial charge on any atom is 0.240 e. The highest BCUT2D eigenvalue weighted by Gasteiger charge is 2.23. The maximum absolute atomic E-state index is 5.30. The molecule has 0 aliphatic carbocycles. The van der Waals surface area contributed by atoms with Gasteiger partial charge in [-0.3, -0.25) is 0 Å². The lowest BCUT2D eigenvalue weighted by atomic mass is 10.1. The van der Waals surface area contributed by atoms with E-state index in [1.54, 1.807) is 31.8 Å². The van der Waals surface area contributed by atoms with Crippen LogP contribution in [0.15, 0.2) is 11.7 Å². The van der Waals surface area contributed by atoms with Gasteiger partial charge in [-0.05, 0) is 14.0 Å². The Morgan fingerprint density at radius 3 is 2.58 bits per heavy atom. The van der Waals surface area contributed by atoms with Gasteiger partial charge < -0.3 is 14.8 Å². The Balaban J connectivity index is 2.46. The molecule has 2 heterocycles. The van der Waals surface area contributed by atoms with Crippen molar-refractivity contribution in [3.63, 3.8) is 0 Å². The second-order valence-electron chi connectivity index (χ2n) is 3.83. The molecule has 0 amide bonds. The molecule has 0 spiro atoms. The Labute approximate surface area is 115 Å². The zero-order valence-electron chi connectivity index (χ0n) is 11.3. The van der Waals surface area contributed by atoms with Crippen LogP contribution < -0.4 is 14.8 Å². The van der Waals surface area contributed by atoms with Crippen molar-refractivity contribution >= 4 is 11.3 Å². The lowest BCUT2D eigenvalue weighted by Crippen LogP contribution is -2.20. The summed E-state index contributed by atoms with van der Waals surface area (Å²) < 4.78 is 10.4. The Morgan fingerprint density at radius 2 is 2.05 bits per heavy atom. The molecule has 6 nitrogen and oxygen atoms in total. The largest absolute Gasteiger partial charge is 0.480 e. The zero-order chi connectivity index (χ0) is 13.8. The molecule has 2 rings (SSSR count). The third kappa shape index (κ3) is 2.66. The minimum Gasteiger partial charge on any atom is -0.480 e. The Bertz CT molecular complexity index is 558. The van der Waals surface area contributed by atoms with Crippen molar-refractivity contribution in [2.45, 2.75) is 13.0 Å². The van der Waals surface area contributed by atoms with Gasteiger partial charge in [0, 0.05) is 0 Å². The second-order valence-corrected chi connectivity index (χ2v) is 4.72. The monoisotopic (exact) mass is 280 g/mol. The number of hydrogen-bond acceptors (Lipinski definition) is 7. The topological polar surface area (TPSA) is 69.2 Å². The van der Waals surface area contributed by atoms with Crippen molar-refractivity contribution in [1.82, 2.24) is 20.3 Å². The highest BCUT2D eigenvalue weighted by Crippen LogP contribution is 2.31. The molecule has 0 radical (unpaired) electrons. The number of rotatable bonds is 5. The van der Waals surface area contributed by atoms with E-state index in [-0.39, 0.29) is 6.04 Å². The molecule has 0 bridgehead atoms. The normalized spacial score (nSPS) is 12.2. The molecule has 2 aromatic rings. The number of aromatic nitrogens is 3. The van der Waals surface area contributed by atoms with E-state index in [0.717, 1.165) is 16.3 Å². The predicted molar refractivity (Wildman–Crippen MR) is 72.9 cm³/mol. The van der Waals surface area contributed by atoms with E-state index in [0.29, 0.717) is 11.8 Å². The van der Waals surface area contributed by atoms with Crippen LogP contribution in [0.4, 0.5) is 0 Å². The quantitative estimate of drug-likeness (QED) is 0.896. The van der Waals surface area contributed by atoms with Crippen LogP contribution in [-0.2, 0) is 0 Å².